The summed E-state index contributed by atoms with van der Waals surface area (Å²) in [5.41, 5.74) is 0. The molecular weight excluding hydrogens is 262 g/mol. The van der Waals surface area contributed by atoms with Gasteiger partial charge in [-0.25, -0.2) is 19.5 Å². The number of nitro groups is 1. The van der Waals surface area contributed by atoms with Crippen LogP contribution >= 0.6 is 0 Å². The van der Waals surface area contributed by atoms with Gasteiger partial charge in [0.25, 0.3) is 0 Å². The van der Waals surface area contributed by atoms with E-state index in [2.05, 4.69) is 16.9 Å². The molecule has 0 N–H and O–H groups in total. The number of nitrogens with zero attached hydrogens (tertiary/aromatic N) is 5. The van der Waals surface area contributed by atoms with Gasteiger partial charge in [-0.2, -0.15) is 0 Å². The Kier molecular flexibility index (Phi) is 4.26. The van der Waals surface area contributed by atoms with E-state index in [0.29, 0.717) is 23.7 Å². The molecule has 0 bridgehead atoms. The van der Waals surface area contributed by atoms with E-state index in [0.717, 1.165) is 19.6 Å². The van der Waals surface area contributed by atoms with Crippen LogP contribution in [0.2, 0.25) is 0 Å². The first-order valence-electron chi connectivity index (χ1n) is 7.00. The summed E-state index contributed by atoms with van der Waals surface area (Å²) in [5, 5.41) is 13.9. The van der Waals surface area contributed by atoms with Crippen molar-refractivity contribution >= 4 is 5.96 Å². The third kappa shape index (κ3) is 2.77. The number of guanidine groups is 1. The second kappa shape index (κ2) is 5.63. The van der Waals surface area contributed by atoms with E-state index in [1.54, 1.807) is 0 Å². The molecule has 3 unspecified atom stereocenters. The molecule has 20 heavy (non-hydrogen) atoms. The van der Waals surface area contributed by atoms with Gasteiger partial charge in [0, 0.05) is 20.0 Å². The van der Waals surface area contributed by atoms with Gasteiger partial charge in [0.05, 0.1) is 26.4 Å². The Morgan fingerprint density at radius 3 is 2.80 bits per heavy atom. The minimum atomic E-state index is -0.594. The van der Waals surface area contributed by atoms with Gasteiger partial charge < -0.3 is 4.74 Å². The smallest absolute Gasteiger partial charge is 0.372 e. The lowest BCUT2D eigenvalue weighted by Crippen LogP contribution is -2.70. The van der Waals surface area contributed by atoms with Crippen LogP contribution in [0.5, 0.6) is 0 Å². The summed E-state index contributed by atoms with van der Waals surface area (Å²) in [5.74, 6) is 0.516. The highest BCUT2D eigenvalue weighted by molar-refractivity contribution is 5.73. The highest BCUT2D eigenvalue weighted by Crippen LogP contribution is 2.28. The van der Waals surface area contributed by atoms with Crippen LogP contribution in [0.25, 0.3) is 0 Å². The molecule has 0 aromatic heterocycles. The number of hydrazone groups is 1. The second-order valence-corrected chi connectivity index (χ2v) is 5.91. The molecule has 2 heterocycles. The lowest BCUT2D eigenvalue weighted by molar-refractivity contribution is -0.870. The number of quaternary nitrogens is 1. The van der Waals surface area contributed by atoms with Crippen LogP contribution in [0.3, 0.4) is 0 Å². The van der Waals surface area contributed by atoms with E-state index in [-0.39, 0.29) is 12.1 Å². The van der Waals surface area contributed by atoms with Gasteiger partial charge in [0.1, 0.15) is 17.8 Å². The Balaban J connectivity index is 2.33. The van der Waals surface area contributed by atoms with E-state index in [4.69, 9.17) is 4.74 Å². The third-order valence-corrected chi connectivity index (χ3v) is 4.31. The molecule has 0 radical (unpaired) electrons. The van der Waals surface area contributed by atoms with Crippen LogP contribution in [-0.2, 0) is 4.74 Å². The zero-order valence-corrected chi connectivity index (χ0v) is 12.7. The minimum absolute atomic E-state index is 0.203. The molecule has 2 aliphatic rings. The highest BCUT2D eigenvalue weighted by Gasteiger charge is 2.49. The first-order chi connectivity index (χ1) is 9.36. The molecule has 2 saturated heterocycles. The van der Waals surface area contributed by atoms with Crippen molar-refractivity contribution in [2.24, 2.45) is 5.10 Å². The Bertz CT molecular complexity index is 416. The Morgan fingerprint density at radius 1 is 1.60 bits per heavy atom. The van der Waals surface area contributed by atoms with Crippen LogP contribution in [0.15, 0.2) is 5.10 Å². The summed E-state index contributed by atoms with van der Waals surface area (Å²) < 4.78 is 6.10. The van der Waals surface area contributed by atoms with Gasteiger partial charge in [-0.3, -0.25) is 4.90 Å². The predicted octanol–water partition coefficient (Wildman–Crippen LogP) is 0.340. The van der Waals surface area contributed by atoms with E-state index in [9.17, 15) is 10.1 Å². The molecule has 2 rings (SSSR count). The Morgan fingerprint density at radius 2 is 2.30 bits per heavy atom. The van der Waals surface area contributed by atoms with Crippen LogP contribution in [0.4, 0.5) is 0 Å². The van der Waals surface area contributed by atoms with Crippen LogP contribution in [-0.4, -0.2) is 78.0 Å². The van der Waals surface area contributed by atoms with Crippen molar-refractivity contribution in [3.63, 3.8) is 0 Å². The van der Waals surface area contributed by atoms with Crippen LogP contribution in [0, 0.1) is 10.1 Å². The minimum Gasteiger partial charge on any atom is -0.372 e. The van der Waals surface area contributed by atoms with Crippen molar-refractivity contribution in [1.29, 1.82) is 0 Å². The first kappa shape index (κ1) is 15.1. The first-order valence-corrected chi connectivity index (χ1v) is 7.00. The van der Waals surface area contributed by atoms with Gasteiger partial charge in [0.15, 0.2) is 5.03 Å². The molecule has 8 heteroatoms. The molecule has 2 aliphatic heterocycles. The normalized spacial score (nSPS) is 37.6. The summed E-state index contributed by atoms with van der Waals surface area (Å²) in [6.45, 7) is 7.07. The summed E-state index contributed by atoms with van der Waals surface area (Å²) in [6, 6.07) is 0.209. The fourth-order valence-corrected chi connectivity index (χ4v) is 3.20. The summed E-state index contributed by atoms with van der Waals surface area (Å²) >= 11 is 0. The third-order valence-electron chi connectivity index (χ3n) is 4.31. The number of ether oxygens (including phenoxy) is 1. The highest BCUT2D eigenvalue weighted by atomic mass is 16.7. The monoisotopic (exact) mass is 286 g/mol. The van der Waals surface area contributed by atoms with E-state index >= 15 is 0 Å². The fraction of sp³-hybridized carbons (Fsp3) is 0.917. The van der Waals surface area contributed by atoms with Gasteiger partial charge >= 0.3 is 5.96 Å². The predicted molar refractivity (Wildman–Crippen MR) is 74.3 cm³/mol. The molecule has 2 fully saturated rings. The summed E-state index contributed by atoms with van der Waals surface area (Å²) in [4.78, 5) is 15.0. The number of rotatable bonds is 3. The van der Waals surface area contributed by atoms with Crippen LogP contribution < -0.4 is 0 Å². The maximum atomic E-state index is 10.9. The van der Waals surface area contributed by atoms with Gasteiger partial charge in [-0.05, 0) is 6.92 Å². The molecular formula is C12H24N5O3+. The SMILES string of the molecule is CCN1CN(C)C(=N[N+](=O)[O-])[N+](C)(C2COC(C)C2)C1. The Labute approximate surface area is 119 Å². The molecule has 0 amide bonds. The maximum absolute atomic E-state index is 10.9. The van der Waals surface area contributed by atoms with Crippen molar-refractivity contribution in [3.8, 4) is 0 Å². The molecule has 8 nitrogen and oxygen atoms in total. The average molecular weight is 286 g/mol. The molecule has 0 spiro atoms. The molecule has 0 saturated carbocycles. The molecule has 0 aromatic rings. The van der Waals surface area contributed by atoms with Crippen molar-refractivity contribution < 1.29 is 14.3 Å². The number of likely N-dealkylation sites (N-methyl/N-ethyl adjacent to an activating group) is 1. The standard InChI is InChI=1S/C12H24N5O3/c1-5-15-8-14(3)12(13-16(18)19)17(4,9-15)11-6-10(2)20-7-11/h10-11H,5-9H2,1-4H3/q+1. The molecule has 3 atom stereocenters. The van der Waals surface area contributed by atoms with Gasteiger partial charge in [-0.15, -0.1) is 0 Å². The fourth-order valence-electron chi connectivity index (χ4n) is 3.20. The zero-order valence-electron chi connectivity index (χ0n) is 12.7. The zero-order chi connectivity index (χ0) is 14.9. The summed E-state index contributed by atoms with van der Waals surface area (Å²) in [6.07, 6.45) is 1.10. The van der Waals surface area contributed by atoms with E-state index in [1.165, 1.54) is 0 Å². The lowest BCUT2D eigenvalue weighted by atomic mass is 10.1. The maximum Gasteiger partial charge on any atom is 0.372 e. The molecule has 0 aliphatic carbocycles. The number of hydrogen-bond donors (Lipinski definition) is 0. The van der Waals surface area contributed by atoms with Crippen molar-refractivity contribution in [3.05, 3.63) is 10.1 Å². The average Bonchev–Trinajstić information content (AvgIpc) is 2.80. The second-order valence-electron chi connectivity index (χ2n) is 5.91. The quantitative estimate of drug-likeness (QED) is 0.425. The van der Waals surface area contributed by atoms with Gasteiger partial charge in [-0.1, -0.05) is 6.92 Å². The summed E-state index contributed by atoms with van der Waals surface area (Å²) in [7, 11) is 3.88. The Hall–Kier alpha value is -1.25. The number of hydrogen-bond acceptors (Lipinski definition) is 4. The van der Waals surface area contributed by atoms with E-state index in [1.807, 2.05) is 25.9 Å². The molecule has 114 valence electrons. The van der Waals surface area contributed by atoms with Gasteiger partial charge in [0.2, 0.25) is 0 Å². The van der Waals surface area contributed by atoms with Crippen LogP contribution in [0.1, 0.15) is 20.3 Å². The van der Waals surface area contributed by atoms with Crippen molar-refractivity contribution in [1.82, 2.24) is 9.80 Å². The topological polar surface area (TPSA) is 71.2 Å². The van der Waals surface area contributed by atoms with Crippen molar-refractivity contribution in [2.45, 2.75) is 32.4 Å². The molecule has 0 aromatic carbocycles. The van der Waals surface area contributed by atoms with Crippen molar-refractivity contribution in [2.75, 3.05) is 40.6 Å². The largest absolute Gasteiger partial charge is 0.372 e. The lowest BCUT2D eigenvalue weighted by Gasteiger charge is -2.47. The van der Waals surface area contributed by atoms with E-state index < -0.39 is 5.03 Å².